The Balaban J connectivity index is 1.65. The van der Waals surface area contributed by atoms with Gasteiger partial charge in [-0.25, -0.2) is 13.1 Å². The summed E-state index contributed by atoms with van der Waals surface area (Å²) in [5.41, 5.74) is 1.04. The minimum absolute atomic E-state index is 0.00532. The quantitative estimate of drug-likeness (QED) is 0.711. The molecule has 2 N–H and O–H groups in total. The van der Waals surface area contributed by atoms with Crippen LogP contribution in [-0.2, 0) is 14.8 Å². The minimum Gasteiger partial charge on any atom is -0.307 e. The molecule has 1 unspecified atom stereocenters. The minimum atomic E-state index is -3.41. The van der Waals surface area contributed by atoms with Crippen molar-refractivity contribution in [2.75, 3.05) is 13.1 Å². The van der Waals surface area contributed by atoms with Crippen molar-refractivity contribution < 1.29 is 13.2 Å². The highest BCUT2D eigenvalue weighted by Gasteiger charge is 2.29. The van der Waals surface area contributed by atoms with Crippen LogP contribution in [0.3, 0.4) is 0 Å². The molecule has 1 heterocycles. The highest BCUT2D eigenvalue weighted by molar-refractivity contribution is 7.89. The zero-order chi connectivity index (χ0) is 16.9. The largest absolute Gasteiger partial charge is 0.307 e. The molecule has 1 fully saturated rings. The second-order valence-corrected chi connectivity index (χ2v) is 8.09. The third-order valence-corrected chi connectivity index (χ3v) is 5.77. The summed E-state index contributed by atoms with van der Waals surface area (Å²) in [5.74, 6) is 0.436. The van der Waals surface area contributed by atoms with Crippen LogP contribution >= 0.6 is 0 Å². The number of Topliss-reactive ketones (excluding diaryl/α,β-unsaturated/α-hetero) is 1. The van der Waals surface area contributed by atoms with Gasteiger partial charge in [0.2, 0.25) is 10.0 Å². The molecule has 0 spiro atoms. The summed E-state index contributed by atoms with van der Waals surface area (Å²) >= 11 is 0. The monoisotopic (exact) mass is 338 g/mol. The van der Waals surface area contributed by atoms with Crippen LogP contribution in [0.1, 0.15) is 38.2 Å². The number of carbonyl (C=O) groups excluding carboxylic acids is 1. The smallest absolute Gasteiger partial charge is 0.240 e. The maximum atomic E-state index is 12.1. The molecular formula is C17H26N2O3S. The Labute approximate surface area is 138 Å². The topological polar surface area (TPSA) is 75.3 Å². The van der Waals surface area contributed by atoms with Gasteiger partial charge in [-0.15, -0.1) is 0 Å². The second-order valence-electron chi connectivity index (χ2n) is 6.32. The Morgan fingerprint density at radius 2 is 1.87 bits per heavy atom. The van der Waals surface area contributed by atoms with Gasteiger partial charge in [-0.1, -0.05) is 37.5 Å². The fourth-order valence-electron chi connectivity index (χ4n) is 2.77. The molecule has 5 nitrogen and oxygen atoms in total. The average Bonchev–Trinajstić information content (AvgIpc) is 2.83. The molecule has 1 saturated heterocycles. The molecule has 0 aliphatic carbocycles. The van der Waals surface area contributed by atoms with E-state index in [0.29, 0.717) is 17.2 Å². The number of sulfonamides is 1. The van der Waals surface area contributed by atoms with E-state index >= 15 is 0 Å². The van der Waals surface area contributed by atoms with Gasteiger partial charge in [-0.2, -0.15) is 0 Å². The summed E-state index contributed by atoms with van der Waals surface area (Å²) < 4.78 is 26.8. The van der Waals surface area contributed by atoms with Gasteiger partial charge < -0.3 is 5.32 Å². The van der Waals surface area contributed by atoms with Crippen LogP contribution in [0.2, 0.25) is 0 Å². The van der Waals surface area contributed by atoms with Gasteiger partial charge in [0.05, 0.1) is 10.9 Å². The molecule has 1 aromatic carbocycles. The van der Waals surface area contributed by atoms with Crippen molar-refractivity contribution in [3.05, 3.63) is 29.8 Å². The van der Waals surface area contributed by atoms with Crippen molar-refractivity contribution in [2.24, 2.45) is 5.92 Å². The number of ketones is 1. The molecule has 2 rings (SSSR count). The first-order valence-corrected chi connectivity index (χ1v) is 9.72. The average molecular weight is 338 g/mol. The number of nitrogens with one attached hydrogen (secondary N) is 2. The summed E-state index contributed by atoms with van der Waals surface area (Å²) in [6.07, 6.45) is 3.47. The van der Waals surface area contributed by atoms with Crippen LogP contribution in [-0.4, -0.2) is 33.3 Å². The summed E-state index contributed by atoms with van der Waals surface area (Å²) in [6.45, 7) is 5.09. The van der Waals surface area contributed by atoms with Gasteiger partial charge >= 0.3 is 0 Å². The Bertz CT molecular complexity index is 626. The predicted octanol–water partition coefficient (Wildman–Crippen LogP) is 2.01. The lowest BCUT2D eigenvalue weighted by Gasteiger charge is -2.09. The number of rotatable bonds is 8. The van der Waals surface area contributed by atoms with E-state index in [1.54, 1.807) is 24.3 Å². The molecule has 0 saturated carbocycles. The van der Waals surface area contributed by atoms with E-state index in [1.165, 1.54) is 0 Å². The summed E-state index contributed by atoms with van der Waals surface area (Å²) in [5, 5.41) is 3.24. The molecule has 1 aliphatic rings. The Morgan fingerprint density at radius 1 is 1.17 bits per heavy atom. The summed E-state index contributed by atoms with van der Waals surface area (Å²) in [6, 6.07) is 6.82. The molecule has 23 heavy (non-hydrogen) atoms. The van der Waals surface area contributed by atoms with Crippen molar-refractivity contribution in [3.8, 4) is 0 Å². The van der Waals surface area contributed by atoms with Crippen molar-refractivity contribution in [1.29, 1.82) is 0 Å². The highest BCUT2D eigenvalue weighted by atomic mass is 32.2. The summed E-state index contributed by atoms with van der Waals surface area (Å²) in [4.78, 5) is 12.1. The van der Waals surface area contributed by atoms with E-state index in [9.17, 15) is 13.2 Å². The fraction of sp³-hybridized carbons (Fsp3) is 0.588. The number of aryl methyl sites for hydroxylation is 1. The standard InChI is InChI=1S/C17H26N2O3S/c1-13-7-9-15(10-8-13)23(21,22)19-11-5-3-4-6-16-17(20)14(2)12-18-16/h7-10,14,16,18-19H,3-6,11-12H2,1-2H3/t14?,16-/m0/s1. The molecule has 0 aromatic heterocycles. The number of benzene rings is 1. The van der Waals surface area contributed by atoms with Gasteiger partial charge in [0.15, 0.2) is 5.78 Å². The first-order chi connectivity index (χ1) is 10.9. The predicted molar refractivity (Wildman–Crippen MR) is 90.8 cm³/mol. The van der Waals surface area contributed by atoms with Crippen LogP contribution < -0.4 is 10.0 Å². The van der Waals surface area contributed by atoms with E-state index in [4.69, 9.17) is 0 Å². The Hall–Kier alpha value is -1.24. The number of hydrogen-bond acceptors (Lipinski definition) is 4. The van der Waals surface area contributed by atoms with Gasteiger partial charge in [-0.3, -0.25) is 4.79 Å². The zero-order valence-corrected chi connectivity index (χ0v) is 14.7. The molecular weight excluding hydrogens is 312 g/mol. The van der Waals surface area contributed by atoms with Crippen molar-refractivity contribution in [1.82, 2.24) is 10.0 Å². The van der Waals surface area contributed by atoms with Crippen LogP contribution in [0, 0.1) is 12.8 Å². The van der Waals surface area contributed by atoms with Gasteiger partial charge in [0.25, 0.3) is 0 Å². The van der Waals surface area contributed by atoms with Crippen molar-refractivity contribution in [3.63, 3.8) is 0 Å². The van der Waals surface area contributed by atoms with Crippen molar-refractivity contribution in [2.45, 2.75) is 50.5 Å². The lowest BCUT2D eigenvalue weighted by atomic mass is 10.0. The first-order valence-electron chi connectivity index (χ1n) is 8.23. The third-order valence-electron chi connectivity index (χ3n) is 4.29. The van der Waals surface area contributed by atoms with Crippen LogP contribution in [0.25, 0.3) is 0 Å². The number of unbranched alkanes of at least 4 members (excludes halogenated alkanes) is 2. The number of carbonyl (C=O) groups is 1. The van der Waals surface area contributed by atoms with Gasteiger partial charge in [0.1, 0.15) is 0 Å². The van der Waals surface area contributed by atoms with Crippen molar-refractivity contribution >= 4 is 15.8 Å². The third kappa shape index (κ3) is 5.12. The van der Waals surface area contributed by atoms with Crippen LogP contribution in [0.4, 0.5) is 0 Å². The molecule has 0 amide bonds. The molecule has 1 aromatic rings. The molecule has 0 radical (unpaired) electrons. The Kier molecular flexibility index (Phi) is 6.33. The van der Waals surface area contributed by atoms with Crippen LogP contribution in [0.15, 0.2) is 29.2 Å². The summed E-state index contributed by atoms with van der Waals surface area (Å²) in [7, 11) is -3.41. The van der Waals surface area contributed by atoms with Crippen LogP contribution in [0.5, 0.6) is 0 Å². The lowest BCUT2D eigenvalue weighted by Crippen LogP contribution is -2.27. The normalized spacial score (nSPS) is 21.7. The lowest BCUT2D eigenvalue weighted by molar-refractivity contribution is -0.121. The zero-order valence-electron chi connectivity index (χ0n) is 13.8. The van der Waals surface area contributed by atoms with E-state index < -0.39 is 10.0 Å². The van der Waals surface area contributed by atoms with E-state index in [0.717, 1.165) is 37.8 Å². The fourth-order valence-corrected chi connectivity index (χ4v) is 3.84. The second kappa shape index (κ2) is 8.04. The molecule has 128 valence electrons. The van der Waals surface area contributed by atoms with Gasteiger partial charge in [0, 0.05) is 19.0 Å². The molecule has 2 atom stereocenters. The SMILES string of the molecule is Cc1ccc(S(=O)(=O)NCCCCC[C@@H]2NCC(C)C2=O)cc1. The number of hydrogen-bond donors (Lipinski definition) is 2. The maximum absolute atomic E-state index is 12.1. The van der Waals surface area contributed by atoms with E-state index in [-0.39, 0.29) is 12.0 Å². The molecule has 6 heteroatoms. The van der Waals surface area contributed by atoms with Gasteiger partial charge in [-0.05, 0) is 31.9 Å². The highest BCUT2D eigenvalue weighted by Crippen LogP contribution is 2.15. The van der Waals surface area contributed by atoms with E-state index in [1.807, 2.05) is 13.8 Å². The molecule has 1 aliphatic heterocycles. The Morgan fingerprint density at radius 3 is 2.48 bits per heavy atom. The van der Waals surface area contributed by atoms with E-state index in [2.05, 4.69) is 10.0 Å². The maximum Gasteiger partial charge on any atom is 0.240 e. The molecule has 0 bridgehead atoms. The first kappa shape index (κ1) is 18.1.